The normalized spacial score (nSPS) is 11.2. The smallest absolute Gasteiger partial charge is 0.167 e. The minimum atomic E-state index is -0.128. The molecule has 0 fully saturated rings. The number of nitrogens with one attached hydrogen (secondary N) is 1. The van der Waals surface area contributed by atoms with Gasteiger partial charge in [0, 0.05) is 35.7 Å². The third-order valence-electron chi connectivity index (χ3n) is 5.55. The van der Waals surface area contributed by atoms with Crippen LogP contribution in [0.1, 0.15) is 58.2 Å². The molecule has 0 aromatic heterocycles. The summed E-state index contributed by atoms with van der Waals surface area (Å²) >= 11 is 0. The van der Waals surface area contributed by atoms with Gasteiger partial charge in [0.2, 0.25) is 0 Å². The van der Waals surface area contributed by atoms with Crippen LogP contribution in [-0.4, -0.2) is 18.6 Å². The molecule has 0 saturated carbocycles. The molecule has 3 nitrogen and oxygen atoms in total. The van der Waals surface area contributed by atoms with Crippen LogP contribution in [0.15, 0.2) is 72.8 Å². The molecule has 0 saturated heterocycles. The second kappa shape index (κ2) is 8.44. The van der Waals surface area contributed by atoms with Crippen molar-refractivity contribution in [2.75, 3.05) is 12.4 Å². The van der Waals surface area contributed by atoms with Crippen LogP contribution in [0.2, 0.25) is 0 Å². The fourth-order valence-corrected chi connectivity index (χ4v) is 3.44. The van der Waals surface area contributed by atoms with Crippen molar-refractivity contribution in [1.82, 2.24) is 0 Å². The molecule has 0 atom stereocenters. The highest BCUT2D eigenvalue weighted by molar-refractivity contribution is 5.99. The monoisotopic (exact) mass is 385 g/mol. The Hall–Kier alpha value is -3.20. The molecule has 3 aromatic rings. The number of ketones is 2. The van der Waals surface area contributed by atoms with E-state index in [1.165, 1.54) is 18.1 Å². The summed E-state index contributed by atoms with van der Waals surface area (Å²) in [5.41, 5.74) is 5.64. The first-order valence-corrected chi connectivity index (χ1v) is 9.83. The Balaban J connectivity index is 1.73. The van der Waals surface area contributed by atoms with E-state index in [0.29, 0.717) is 17.5 Å². The van der Waals surface area contributed by atoms with Crippen LogP contribution in [0, 0.1) is 0 Å². The van der Waals surface area contributed by atoms with Crippen molar-refractivity contribution in [2.45, 2.75) is 32.6 Å². The summed E-state index contributed by atoms with van der Waals surface area (Å²) in [4.78, 5) is 23.9. The molecule has 0 aliphatic heterocycles. The number of carbonyl (C=O) groups excluding carboxylic acids is 2. The molecule has 3 rings (SSSR count). The third-order valence-corrected chi connectivity index (χ3v) is 5.55. The first-order chi connectivity index (χ1) is 13.8. The highest BCUT2D eigenvalue weighted by atomic mass is 16.1. The lowest BCUT2D eigenvalue weighted by molar-refractivity contribution is 0.0987. The summed E-state index contributed by atoms with van der Waals surface area (Å²) in [5.74, 6) is 0.0533. The molecule has 0 aliphatic carbocycles. The summed E-state index contributed by atoms with van der Waals surface area (Å²) in [7, 11) is 1.91. The Morgan fingerprint density at radius 2 is 1.24 bits per heavy atom. The summed E-state index contributed by atoms with van der Waals surface area (Å²) in [6.07, 6.45) is 0.344. The van der Waals surface area contributed by atoms with Crippen molar-refractivity contribution in [3.63, 3.8) is 0 Å². The molecule has 1 N–H and O–H groups in total. The number of anilines is 1. The number of Topliss-reactive ketones (excluding diaryl/α,β-unsaturated/α-hetero) is 2. The first kappa shape index (κ1) is 20.5. The third kappa shape index (κ3) is 4.62. The molecule has 0 unspecified atom stereocenters. The Bertz CT molecular complexity index is 998. The maximum atomic E-state index is 12.6. The molecule has 0 amide bonds. The average Bonchev–Trinajstić information content (AvgIpc) is 2.74. The molecule has 148 valence electrons. The maximum Gasteiger partial charge on any atom is 0.167 e. The number of hydrogen-bond acceptors (Lipinski definition) is 3. The van der Waals surface area contributed by atoms with Gasteiger partial charge in [0.1, 0.15) is 0 Å². The first-order valence-electron chi connectivity index (χ1n) is 9.83. The minimum absolute atomic E-state index is 0.00259. The molecular weight excluding hydrogens is 358 g/mol. The van der Waals surface area contributed by atoms with E-state index in [2.05, 4.69) is 55.6 Å². The zero-order chi connectivity index (χ0) is 21.0. The molecule has 0 bridgehead atoms. The van der Waals surface area contributed by atoms with Crippen LogP contribution in [0.3, 0.4) is 0 Å². The van der Waals surface area contributed by atoms with Crippen molar-refractivity contribution in [3.8, 4) is 0 Å². The average molecular weight is 386 g/mol. The molecule has 3 heteroatoms. The summed E-state index contributed by atoms with van der Waals surface area (Å²) in [6.45, 7) is 5.94. The number of carbonyl (C=O) groups is 2. The zero-order valence-corrected chi connectivity index (χ0v) is 17.5. The second-order valence-corrected chi connectivity index (χ2v) is 7.88. The van der Waals surface area contributed by atoms with Crippen molar-refractivity contribution in [1.29, 1.82) is 0 Å². The lowest BCUT2D eigenvalue weighted by atomic mass is 9.78. The van der Waals surface area contributed by atoms with Crippen LogP contribution < -0.4 is 5.32 Å². The van der Waals surface area contributed by atoms with Crippen molar-refractivity contribution in [2.24, 2.45) is 0 Å². The molecule has 0 heterocycles. The molecule has 29 heavy (non-hydrogen) atoms. The standard InChI is InChI=1S/C26H27NO2/c1-18(28)20-7-9-21(10-8-20)25(29)17-19-5-11-22(12-6-19)26(2,3)23-13-15-24(27-4)16-14-23/h5-16,27H,17H2,1-4H3. The van der Waals surface area contributed by atoms with Gasteiger partial charge in [-0.3, -0.25) is 9.59 Å². The molecule has 0 spiro atoms. The van der Waals surface area contributed by atoms with Crippen molar-refractivity contribution >= 4 is 17.3 Å². The van der Waals surface area contributed by atoms with Crippen LogP contribution in [0.4, 0.5) is 5.69 Å². The van der Waals surface area contributed by atoms with Gasteiger partial charge in [-0.15, -0.1) is 0 Å². The summed E-state index contributed by atoms with van der Waals surface area (Å²) < 4.78 is 0. The van der Waals surface area contributed by atoms with Gasteiger partial charge in [-0.1, -0.05) is 74.5 Å². The van der Waals surface area contributed by atoms with E-state index in [4.69, 9.17) is 0 Å². The minimum Gasteiger partial charge on any atom is -0.388 e. The zero-order valence-electron chi connectivity index (χ0n) is 17.5. The van der Waals surface area contributed by atoms with E-state index in [9.17, 15) is 9.59 Å². The number of benzene rings is 3. The predicted octanol–water partition coefficient (Wildman–Crippen LogP) is 5.68. The summed E-state index contributed by atoms with van der Waals surface area (Å²) in [5, 5.41) is 3.14. The molecule has 0 aliphatic rings. The van der Waals surface area contributed by atoms with Gasteiger partial charge in [-0.05, 0) is 35.7 Å². The van der Waals surface area contributed by atoms with Crippen LogP contribution in [0.25, 0.3) is 0 Å². The highest BCUT2D eigenvalue weighted by Gasteiger charge is 2.23. The fourth-order valence-electron chi connectivity index (χ4n) is 3.44. The topological polar surface area (TPSA) is 46.2 Å². The van der Waals surface area contributed by atoms with Crippen molar-refractivity contribution < 1.29 is 9.59 Å². The van der Waals surface area contributed by atoms with E-state index in [0.717, 1.165) is 11.3 Å². The quantitative estimate of drug-likeness (QED) is 0.532. The van der Waals surface area contributed by atoms with E-state index in [-0.39, 0.29) is 17.0 Å². The van der Waals surface area contributed by atoms with Gasteiger partial charge in [0.25, 0.3) is 0 Å². The fraction of sp³-hybridized carbons (Fsp3) is 0.231. The second-order valence-electron chi connectivity index (χ2n) is 7.88. The van der Waals surface area contributed by atoms with Gasteiger partial charge in [-0.2, -0.15) is 0 Å². The Kier molecular flexibility index (Phi) is 5.97. The van der Waals surface area contributed by atoms with Gasteiger partial charge >= 0.3 is 0 Å². The summed E-state index contributed by atoms with van der Waals surface area (Å²) in [6, 6.07) is 23.6. The Labute approximate surface area is 172 Å². The van der Waals surface area contributed by atoms with E-state index >= 15 is 0 Å². The van der Waals surface area contributed by atoms with Gasteiger partial charge < -0.3 is 5.32 Å². The van der Waals surface area contributed by atoms with E-state index in [1.807, 2.05) is 19.2 Å². The van der Waals surface area contributed by atoms with Crippen LogP contribution >= 0.6 is 0 Å². The number of rotatable bonds is 7. The highest BCUT2D eigenvalue weighted by Crippen LogP contribution is 2.32. The lowest BCUT2D eigenvalue weighted by Crippen LogP contribution is -2.19. The van der Waals surface area contributed by atoms with Gasteiger partial charge in [0.05, 0.1) is 0 Å². The van der Waals surface area contributed by atoms with E-state index in [1.54, 1.807) is 24.3 Å². The largest absolute Gasteiger partial charge is 0.388 e. The predicted molar refractivity (Wildman–Crippen MR) is 119 cm³/mol. The van der Waals surface area contributed by atoms with Crippen LogP contribution in [-0.2, 0) is 11.8 Å². The molecular formula is C26H27NO2. The maximum absolute atomic E-state index is 12.6. The van der Waals surface area contributed by atoms with Crippen molar-refractivity contribution in [3.05, 3.63) is 101 Å². The Morgan fingerprint density at radius 3 is 1.72 bits per heavy atom. The van der Waals surface area contributed by atoms with Crippen LogP contribution in [0.5, 0.6) is 0 Å². The molecule has 0 radical (unpaired) electrons. The SMILES string of the molecule is CNc1ccc(C(C)(C)c2ccc(CC(=O)c3ccc(C(C)=O)cc3)cc2)cc1. The van der Waals surface area contributed by atoms with Gasteiger partial charge in [0.15, 0.2) is 11.6 Å². The number of hydrogen-bond donors (Lipinski definition) is 1. The molecule has 3 aromatic carbocycles. The Morgan fingerprint density at radius 1 is 0.759 bits per heavy atom. The lowest BCUT2D eigenvalue weighted by Gasteiger charge is -2.26. The van der Waals surface area contributed by atoms with Gasteiger partial charge in [-0.25, -0.2) is 0 Å². The van der Waals surface area contributed by atoms with E-state index < -0.39 is 0 Å².